The number of carbonyl (C=O) groups excluding carboxylic acids is 5. The van der Waals surface area contributed by atoms with E-state index in [1.165, 1.54) is 6.92 Å². The summed E-state index contributed by atoms with van der Waals surface area (Å²) in [7, 11) is 0. The molecule has 13 nitrogen and oxygen atoms in total. The highest BCUT2D eigenvalue weighted by Crippen LogP contribution is 2.22. The van der Waals surface area contributed by atoms with Gasteiger partial charge in [-0.25, -0.2) is 0 Å². The van der Waals surface area contributed by atoms with Crippen LogP contribution in [0.4, 0.5) is 0 Å². The van der Waals surface area contributed by atoms with Gasteiger partial charge in [0.1, 0.15) is 23.2 Å². The van der Waals surface area contributed by atoms with Crippen LogP contribution in [0.2, 0.25) is 0 Å². The molecule has 1 unspecified atom stereocenters. The minimum absolute atomic E-state index is 0.0231. The van der Waals surface area contributed by atoms with Crippen molar-refractivity contribution in [2.24, 2.45) is 11.7 Å². The molecular formula is C28H44N8O5. The van der Waals surface area contributed by atoms with Gasteiger partial charge >= 0.3 is 0 Å². The molecule has 1 aromatic carbocycles. The van der Waals surface area contributed by atoms with Gasteiger partial charge in [0.2, 0.25) is 29.5 Å². The third kappa shape index (κ3) is 8.18. The summed E-state index contributed by atoms with van der Waals surface area (Å²) < 4.78 is 0. The van der Waals surface area contributed by atoms with Crippen molar-refractivity contribution in [1.29, 1.82) is 5.41 Å². The number of guanidine groups is 1. The van der Waals surface area contributed by atoms with E-state index in [9.17, 15) is 24.0 Å². The minimum Gasteiger partial charge on any atom is -0.370 e. The topological polar surface area (TPSA) is 207 Å². The second kappa shape index (κ2) is 14.0. The molecule has 0 radical (unpaired) electrons. The van der Waals surface area contributed by atoms with Crippen LogP contribution in [0, 0.1) is 11.3 Å². The van der Waals surface area contributed by atoms with E-state index < -0.39 is 70.6 Å². The Kier molecular flexibility index (Phi) is 11.2. The molecule has 1 saturated heterocycles. The first-order valence-electron chi connectivity index (χ1n) is 13.9. The van der Waals surface area contributed by atoms with Gasteiger partial charge in [-0.05, 0) is 38.7 Å². The summed E-state index contributed by atoms with van der Waals surface area (Å²) in [6.07, 6.45) is 0.451. The number of carbonyl (C=O) groups is 5. The molecule has 9 N–H and O–H groups in total. The molecule has 1 aliphatic heterocycles. The van der Waals surface area contributed by atoms with Gasteiger partial charge in [0.15, 0.2) is 5.96 Å². The predicted molar refractivity (Wildman–Crippen MR) is 154 cm³/mol. The van der Waals surface area contributed by atoms with E-state index in [1.807, 2.05) is 0 Å². The highest BCUT2D eigenvalue weighted by Gasteiger charge is 2.43. The Morgan fingerprint density at radius 2 is 1.68 bits per heavy atom. The van der Waals surface area contributed by atoms with Gasteiger partial charge in [-0.1, -0.05) is 58.0 Å². The van der Waals surface area contributed by atoms with Crippen molar-refractivity contribution in [2.75, 3.05) is 6.54 Å². The Hall–Kier alpha value is -4.16. The fraction of sp³-hybridized carbons (Fsp3) is 0.571. The fourth-order valence-corrected chi connectivity index (χ4v) is 4.50. The molecule has 0 saturated carbocycles. The normalized spacial score (nSPS) is 26.9. The number of benzene rings is 1. The monoisotopic (exact) mass is 572 g/mol. The number of hydrogen-bond donors (Lipinski definition) is 8. The number of hydrogen-bond acceptors (Lipinski definition) is 6. The molecule has 0 spiro atoms. The van der Waals surface area contributed by atoms with Gasteiger partial charge in [0, 0.05) is 12.5 Å². The van der Waals surface area contributed by atoms with Gasteiger partial charge < -0.3 is 37.6 Å². The van der Waals surface area contributed by atoms with E-state index in [0.717, 1.165) is 0 Å². The van der Waals surface area contributed by atoms with E-state index in [2.05, 4.69) is 31.9 Å². The highest BCUT2D eigenvalue weighted by atomic mass is 16.2. The van der Waals surface area contributed by atoms with Crippen LogP contribution in [0.25, 0.3) is 0 Å². The van der Waals surface area contributed by atoms with Gasteiger partial charge in [0.05, 0.1) is 6.04 Å². The van der Waals surface area contributed by atoms with Crippen molar-refractivity contribution in [3.63, 3.8) is 0 Å². The molecule has 0 aliphatic carbocycles. The largest absolute Gasteiger partial charge is 0.370 e. The molecule has 13 heteroatoms. The molecule has 226 valence electrons. The number of nitrogens with two attached hydrogens (primary N) is 1. The lowest BCUT2D eigenvalue weighted by atomic mass is 9.89. The van der Waals surface area contributed by atoms with Crippen LogP contribution in [0.1, 0.15) is 66.4 Å². The quantitative estimate of drug-likeness (QED) is 0.162. The van der Waals surface area contributed by atoms with Crippen LogP contribution in [-0.2, 0) is 29.5 Å². The molecule has 1 aliphatic rings. The molecule has 41 heavy (non-hydrogen) atoms. The average molecular weight is 573 g/mol. The zero-order chi connectivity index (χ0) is 31.0. The Morgan fingerprint density at radius 1 is 1.05 bits per heavy atom. The Morgan fingerprint density at radius 3 is 2.22 bits per heavy atom. The zero-order valence-electron chi connectivity index (χ0n) is 24.6. The first kappa shape index (κ1) is 33.0. The van der Waals surface area contributed by atoms with Crippen molar-refractivity contribution >= 4 is 35.5 Å². The van der Waals surface area contributed by atoms with Crippen LogP contribution in [0.3, 0.4) is 0 Å². The number of nitrogens with one attached hydrogen (secondary N) is 7. The highest BCUT2D eigenvalue weighted by molar-refractivity contribution is 5.98. The van der Waals surface area contributed by atoms with Crippen molar-refractivity contribution in [2.45, 2.75) is 90.0 Å². The van der Waals surface area contributed by atoms with E-state index in [4.69, 9.17) is 11.1 Å². The summed E-state index contributed by atoms with van der Waals surface area (Å²) in [6.45, 7) is 9.86. The molecule has 0 bridgehead atoms. The Bertz CT molecular complexity index is 1140. The van der Waals surface area contributed by atoms with Gasteiger partial charge in [-0.3, -0.25) is 29.4 Å². The fourth-order valence-electron chi connectivity index (χ4n) is 4.50. The molecular weight excluding hydrogens is 528 g/mol. The van der Waals surface area contributed by atoms with Crippen molar-refractivity contribution < 1.29 is 24.0 Å². The average Bonchev–Trinajstić information content (AvgIpc) is 2.92. The molecule has 1 fully saturated rings. The summed E-state index contributed by atoms with van der Waals surface area (Å²) in [5.74, 6) is -3.72. The molecule has 1 aromatic rings. The van der Waals surface area contributed by atoms with E-state index in [1.54, 1.807) is 65.0 Å². The molecule has 5 atom stereocenters. The number of amides is 5. The number of rotatable bonds is 7. The van der Waals surface area contributed by atoms with Gasteiger partial charge in [-0.2, -0.15) is 0 Å². The lowest BCUT2D eigenvalue weighted by molar-refractivity contribution is -0.139. The maximum Gasteiger partial charge on any atom is 0.250 e. The second-order valence-electron chi connectivity index (χ2n) is 11.0. The van der Waals surface area contributed by atoms with Crippen molar-refractivity contribution in [3.05, 3.63) is 35.9 Å². The Labute approximate surface area is 241 Å². The lowest BCUT2D eigenvalue weighted by Crippen LogP contribution is -2.67. The second-order valence-corrected chi connectivity index (χ2v) is 11.0. The SMILES string of the molecule is CCC(NC(=N)N)[C@@H]1NC(=O)[C@](C)(NC(=O)C(C)C)CCNC(=O)[C@@](C)(c2ccccc2)NC(=O)[C@H](CC)NC1=O. The Balaban J connectivity index is 2.62. The predicted octanol–water partition coefficient (Wildman–Crippen LogP) is -0.290. The van der Waals surface area contributed by atoms with Crippen LogP contribution < -0.4 is 37.6 Å². The van der Waals surface area contributed by atoms with Gasteiger partial charge in [-0.15, -0.1) is 0 Å². The maximum absolute atomic E-state index is 13.8. The standard InChI is InChI=1S/C28H44N8O5/c1-7-18(33-26(29)30)20-23(39)32-19(8-2)22(38)36-28(6,17-12-10-9-11-13-17)25(41)31-15-14-27(5,24(40)34-20)35-21(37)16(3)4/h9-13,16,18-20H,7-8,14-15H2,1-6H3,(H,31,41)(H,32,39)(H,34,40)(H,35,37)(H,36,38)(H4,29,30,33)/t18?,19-,20-,27+,28+/m0/s1. The third-order valence-electron chi connectivity index (χ3n) is 7.31. The van der Waals surface area contributed by atoms with Crippen molar-refractivity contribution in [3.8, 4) is 0 Å². The molecule has 2 rings (SSSR count). The van der Waals surface area contributed by atoms with Gasteiger partial charge in [0.25, 0.3) is 0 Å². The zero-order valence-corrected chi connectivity index (χ0v) is 24.6. The first-order valence-corrected chi connectivity index (χ1v) is 13.9. The third-order valence-corrected chi connectivity index (χ3v) is 7.31. The molecule has 0 aromatic heterocycles. The van der Waals surface area contributed by atoms with E-state index in [0.29, 0.717) is 5.56 Å². The van der Waals surface area contributed by atoms with E-state index in [-0.39, 0.29) is 25.8 Å². The summed E-state index contributed by atoms with van der Waals surface area (Å²) >= 11 is 0. The van der Waals surface area contributed by atoms with Crippen LogP contribution in [0.15, 0.2) is 30.3 Å². The summed E-state index contributed by atoms with van der Waals surface area (Å²) in [6, 6.07) is 5.57. The van der Waals surface area contributed by atoms with Crippen LogP contribution in [0.5, 0.6) is 0 Å². The minimum atomic E-state index is -1.53. The first-order chi connectivity index (χ1) is 19.2. The van der Waals surface area contributed by atoms with Crippen molar-refractivity contribution in [1.82, 2.24) is 31.9 Å². The summed E-state index contributed by atoms with van der Waals surface area (Å²) in [5.41, 5.74) is 3.04. The lowest BCUT2D eigenvalue weighted by Gasteiger charge is -2.37. The molecule has 1 heterocycles. The maximum atomic E-state index is 13.8. The molecule has 5 amide bonds. The smallest absolute Gasteiger partial charge is 0.250 e. The van der Waals surface area contributed by atoms with Crippen LogP contribution >= 0.6 is 0 Å². The van der Waals surface area contributed by atoms with Crippen LogP contribution in [-0.4, -0.2) is 65.7 Å². The summed E-state index contributed by atoms with van der Waals surface area (Å²) in [5, 5.41) is 24.1. The van der Waals surface area contributed by atoms with E-state index >= 15 is 0 Å². The summed E-state index contributed by atoms with van der Waals surface area (Å²) in [4.78, 5) is 67.2.